The van der Waals surface area contributed by atoms with Crippen LogP contribution in [0.4, 0.5) is 9.59 Å². The zero-order valence-corrected chi connectivity index (χ0v) is 76.3. The first-order valence-corrected chi connectivity index (χ1v) is 43.8. The Morgan fingerprint density at radius 1 is 0.366 bits per heavy atom. The molecule has 5 unspecified atom stereocenters. The number of hydrogen-bond donors (Lipinski definition) is 9. The number of ketones is 5. The molecule has 5 atom stereocenters. The van der Waals surface area contributed by atoms with Gasteiger partial charge in [-0.3, -0.25) is 47.9 Å². The Balaban J connectivity index is 0.000000263. The number of aromatic nitrogens is 10. The van der Waals surface area contributed by atoms with E-state index in [1.54, 1.807) is 20.8 Å². The normalized spacial score (nSPS) is 12.6. The number of carbonyl (C=O) groups is 12. The third-order valence-corrected chi connectivity index (χ3v) is 20.6. The number of fused-ring (bicyclic) bond motifs is 6. The fourth-order valence-corrected chi connectivity index (χ4v) is 14.0. The van der Waals surface area contributed by atoms with Crippen molar-refractivity contribution in [3.8, 4) is 22.3 Å². The summed E-state index contributed by atoms with van der Waals surface area (Å²) in [6.45, 7) is 22.8. The Morgan fingerprint density at radius 3 is 0.939 bits per heavy atom. The van der Waals surface area contributed by atoms with Crippen LogP contribution < -0.4 is 48.7 Å². The van der Waals surface area contributed by atoms with E-state index in [4.69, 9.17) is 43.0 Å². The fraction of sp³-hybridized carbons (Fsp3) is 0.505. The molecule has 11 N–H and O–H groups in total. The number of alkyl carbamates (subject to hydrolysis) is 2. The summed E-state index contributed by atoms with van der Waals surface area (Å²) in [5.74, 6) is 1.73. The molecule has 0 spiro atoms. The molecule has 7 amide bonds. The van der Waals surface area contributed by atoms with Crippen LogP contribution in [0.15, 0.2) is 119 Å². The molecule has 0 bridgehead atoms. The number of nitrogens with one attached hydrogen (secondary N) is 7. The second-order valence-electron chi connectivity index (χ2n) is 32.1. The van der Waals surface area contributed by atoms with Crippen LogP contribution in [0.5, 0.6) is 0 Å². The van der Waals surface area contributed by atoms with Gasteiger partial charge in [0.15, 0.2) is 0 Å². The first kappa shape index (κ1) is 107. The maximum absolute atomic E-state index is 12.4. The first-order chi connectivity index (χ1) is 62.2. The van der Waals surface area contributed by atoms with Gasteiger partial charge in [-0.2, -0.15) is 0 Å². The fourth-order valence-electron chi connectivity index (χ4n) is 14.0. The van der Waals surface area contributed by atoms with Crippen LogP contribution in [0.3, 0.4) is 0 Å². The van der Waals surface area contributed by atoms with Gasteiger partial charge in [-0.1, -0.05) is 131 Å². The number of rotatable bonds is 45. The highest BCUT2D eigenvalue weighted by atomic mass is 16.6. The van der Waals surface area contributed by atoms with Gasteiger partial charge in [-0.05, 0) is 183 Å². The lowest BCUT2D eigenvalue weighted by Gasteiger charge is -2.17. The molecule has 131 heavy (non-hydrogen) atoms. The second-order valence-corrected chi connectivity index (χ2v) is 32.1. The van der Waals surface area contributed by atoms with Crippen LogP contribution in [0.1, 0.15) is 317 Å². The topological polar surface area (TPSA) is 554 Å². The molecule has 708 valence electrons. The highest BCUT2D eigenvalue weighted by molar-refractivity contribution is 5.86. The molecule has 38 nitrogen and oxygen atoms in total. The Bertz CT molecular complexity index is 5040. The number of ether oxygens (including phenoxy) is 2. The lowest BCUT2D eigenvalue weighted by molar-refractivity contribution is -0.122. The largest absolute Gasteiger partial charge is 0.449 e. The van der Waals surface area contributed by atoms with Crippen molar-refractivity contribution >= 4 is 70.6 Å². The summed E-state index contributed by atoms with van der Waals surface area (Å²) < 4.78 is 38.6. The van der Waals surface area contributed by atoms with E-state index >= 15 is 0 Å². The van der Waals surface area contributed by atoms with Gasteiger partial charge in [-0.15, -0.1) is 51.0 Å². The van der Waals surface area contributed by atoms with E-state index < -0.39 is 29.7 Å². The van der Waals surface area contributed by atoms with Crippen molar-refractivity contribution in [1.29, 1.82) is 0 Å². The van der Waals surface area contributed by atoms with Gasteiger partial charge in [0.2, 0.25) is 88.4 Å². The number of benzene rings is 4. The van der Waals surface area contributed by atoms with Crippen LogP contribution >= 0.6 is 0 Å². The first-order valence-electron chi connectivity index (χ1n) is 43.8. The molecule has 0 radical (unpaired) electrons. The molecule has 9 aromatic rings. The minimum absolute atomic E-state index is 0. The van der Waals surface area contributed by atoms with E-state index in [0.29, 0.717) is 108 Å². The molecule has 5 aromatic heterocycles. The van der Waals surface area contributed by atoms with Gasteiger partial charge >= 0.3 is 12.2 Å². The quantitative estimate of drug-likeness (QED) is 0.0160. The molecule has 2 aliphatic carbocycles. The zero-order chi connectivity index (χ0) is 94.8. The van der Waals surface area contributed by atoms with Crippen molar-refractivity contribution in [2.45, 2.75) is 267 Å². The lowest BCUT2D eigenvalue weighted by Crippen LogP contribution is -2.29. The van der Waals surface area contributed by atoms with Gasteiger partial charge in [0, 0.05) is 59.0 Å². The molecule has 0 saturated heterocycles. The van der Waals surface area contributed by atoms with E-state index in [-0.39, 0.29) is 170 Å². The average molecular weight is 1820 g/mol. The number of Topliss-reactive ketones (excluding diaryl/α,β-unsaturated/α-hetero) is 5. The van der Waals surface area contributed by atoms with E-state index in [9.17, 15) is 57.5 Å². The van der Waals surface area contributed by atoms with Crippen molar-refractivity contribution in [1.82, 2.24) is 88.2 Å². The van der Waals surface area contributed by atoms with Crippen LogP contribution in [-0.4, -0.2) is 161 Å². The van der Waals surface area contributed by atoms with Crippen LogP contribution in [-0.2, 0) is 88.5 Å². The van der Waals surface area contributed by atoms with Crippen LogP contribution in [0.2, 0.25) is 0 Å². The van der Waals surface area contributed by atoms with Gasteiger partial charge in [0.25, 0.3) is 0 Å². The number of nitrogens with zero attached hydrogens (tertiary/aromatic N) is 10. The third-order valence-electron chi connectivity index (χ3n) is 20.6. The van der Waals surface area contributed by atoms with Crippen LogP contribution in [0, 0.1) is 0 Å². The van der Waals surface area contributed by atoms with Crippen molar-refractivity contribution in [2.75, 3.05) is 39.4 Å². The molecule has 0 fully saturated rings. The molecule has 0 saturated carbocycles. The zero-order valence-electron chi connectivity index (χ0n) is 76.3. The Morgan fingerprint density at radius 2 is 0.649 bits per heavy atom. The summed E-state index contributed by atoms with van der Waals surface area (Å²) in [5.41, 5.74) is 19.4. The maximum Gasteiger partial charge on any atom is 0.407 e. The maximum atomic E-state index is 12.4. The molecule has 0 aliphatic heterocycles. The predicted octanol–water partition coefficient (Wildman–Crippen LogP) is 12.1. The lowest BCUT2D eigenvalue weighted by atomic mass is 9.89. The third kappa shape index (κ3) is 35.3. The predicted molar refractivity (Wildman–Crippen MR) is 481 cm³/mol. The average Bonchev–Trinajstić information content (AvgIpc) is 1.62. The van der Waals surface area contributed by atoms with E-state index in [2.05, 4.69) is 144 Å². The summed E-state index contributed by atoms with van der Waals surface area (Å²) in [7, 11) is 0. The monoisotopic (exact) mass is 1810 g/mol. The standard InChI is InChI=1S/C29H34N4O5.C28H32N4O5.C12H20N4O3.C12H19N3O3.C11H18N4O3.CH4/c1-18(34)29(3,4)27-33-32-26(38-27)25(31-19(2)35)15-9-10-16-30-28(36)37-17-24-22-13-7-5-11-20(22)21-12-6-8-14-23(21)24;1-3-25(34)30-24(27-32-31-26(37-27)16-18(2)33)14-8-9-15-29-28(35)36-17-23-21-12-6-4-10-19(21)20-11-5-7-13-22(20)23;1-8(17)7-11-15-16-12(19-11)10(14-9(2)18)5-3-4-6-13;1-4-5-6-10(13-9(3)17)12-15-14-11(18-12)7-8(2)16;1-7(16)6-10-14-15-11(18-10)9(4-3-5-12)13-8(2)17;/h5-8,11-14,24-25H,9-10,15-17H2,1-4H3,(H,30,36)(H,31,35);4-7,10-13,23-24H,3,8-9,14-17H2,1-2H3,(H,29,35)(H,30,34);10H,3-7,13H2,1-2H3,(H,14,18);10H,4-7H2,1-3H3,(H,13,17);9H,3-6,12H2,1-2H3,(H,13,17);1H4. The van der Waals surface area contributed by atoms with Gasteiger partial charge in [0.05, 0.1) is 25.7 Å². The number of hydrogen-bond acceptors (Lipinski definition) is 31. The number of nitrogens with two attached hydrogens (primary N) is 2. The van der Waals surface area contributed by atoms with E-state index in [1.165, 1.54) is 107 Å². The molecule has 38 heteroatoms. The Hall–Kier alpha value is -13.3. The highest BCUT2D eigenvalue weighted by Gasteiger charge is 2.36. The molecular weight excluding hydrogens is 1690 g/mol. The van der Waals surface area contributed by atoms with Gasteiger partial charge < -0.3 is 80.2 Å². The molecule has 11 rings (SSSR count). The van der Waals surface area contributed by atoms with Gasteiger partial charge in [0.1, 0.15) is 77.8 Å². The Kier molecular flexibility index (Phi) is 44.7. The second kappa shape index (κ2) is 54.9. The minimum atomic E-state index is -0.904. The molecule has 5 heterocycles. The SMILES string of the molecule is C.CC(=O)Cc1nnc(C(CCCCN)NC(C)=O)o1.CC(=O)Cc1nnc(C(CCCN)NC(C)=O)o1.CC(=O)NC(CCCCNC(=O)OCC1c2ccccc2-c2ccccc21)c1nnc(C(C)(C)C(C)=O)o1.CCC(=O)NC(CCCCNC(=O)OCC1c2ccccc2-c2ccccc21)c1nnc(CC(C)=O)o1.CCCCC(NC(C)=O)c1nnc(CC(C)=O)o1. The number of unbranched alkanes of at least 4 members (excludes halogenated alkanes) is 4. The van der Waals surface area contributed by atoms with Gasteiger partial charge in [-0.25, -0.2) is 9.59 Å². The van der Waals surface area contributed by atoms with Crippen molar-refractivity contribution in [3.05, 3.63) is 178 Å². The summed E-state index contributed by atoms with van der Waals surface area (Å²) in [6.07, 6.45) is 10.1. The van der Waals surface area contributed by atoms with Crippen molar-refractivity contribution < 1.29 is 89.1 Å². The summed E-state index contributed by atoms with van der Waals surface area (Å²) in [5, 5.41) is 58.6. The molecule has 2 aliphatic rings. The number of carbonyl (C=O) groups excluding carboxylic acids is 12. The summed E-state index contributed by atoms with van der Waals surface area (Å²) in [6, 6.07) is 31.0. The minimum Gasteiger partial charge on any atom is -0.449 e. The summed E-state index contributed by atoms with van der Waals surface area (Å²) in [4.78, 5) is 138. The highest BCUT2D eigenvalue weighted by Crippen LogP contribution is 2.46. The van der Waals surface area contributed by atoms with E-state index in [1.807, 2.05) is 48.5 Å². The van der Waals surface area contributed by atoms with E-state index in [0.717, 1.165) is 38.5 Å². The summed E-state index contributed by atoms with van der Waals surface area (Å²) >= 11 is 0. The smallest absolute Gasteiger partial charge is 0.407 e. The Labute approximate surface area is 762 Å². The molecule has 4 aromatic carbocycles. The number of amides is 7. The van der Waals surface area contributed by atoms with Crippen LogP contribution in [0.25, 0.3) is 22.3 Å². The van der Waals surface area contributed by atoms with Crippen molar-refractivity contribution in [2.24, 2.45) is 11.5 Å². The molecular formula is C93H127N19O19. The van der Waals surface area contributed by atoms with Crippen molar-refractivity contribution in [3.63, 3.8) is 0 Å².